The third-order valence-corrected chi connectivity index (χ3v) is 5.62. The van der Waals surface area contributed by atoms with Gasteiger partial charge >= 0.3 is 0 Å². The maximum atomic E-state index is 12.7. The second-order valence-corrected chi connectivity index (χ2v) is 7.53. The van der Waals surface area contributed by atoms with Crippen molar-refractivity contribution in [1.82, 2.24) is 9.88 Å². The summed E-state index contributed by atoms with van der Waals surface area (Å²) in [4.78, 5) is 19.1. The largest absolute Gasteiger partial charge is 0.337 e. The first-order valence-electron chi connectivity index (χ1n) is 7.54. The fourth-order valence-corrected chi connectivity index (χ4v) is 4.21. The molecule has 0 unspecified atom stereocenters. The van der Waals surface area contributed by atoms with E-state index in [-0.39, 0.29) is 11.9 Å². The lowest BCUT2D eigenvalue weighted by molar-refractivity contribution is 0.0785. The lowest BCUT2D eigenvalue weighted by Gasteiger charge is -2.16. The summed E-state index contributed by atoms with van der Waals surface area (Å²) in [5, 5.41) is 1.03. The fourth-order valence-electron chi connectivity index (χ4n) is 3.40. The minimum atomic E-state index is 0.0983. The van der Waals surface area contributed by atoms with E-state index in [1.807, 2.05) is 30.0 Å². The molecule has 2 atom stereocenters. The summed E-state index contributed by atoms with van der Waals surface area (Å²) in [5.74, 6) is 1.35. The molecule has 0 spiro atoms. The number of aromatic nitrogens is 1. The SMILES string of the molecule is Cc1nc2cc(C(=O)N3C[C@H](C4CC4)[C@@H](N)C3)ccc2s1. The maximum Gasteiger partial charge on any atom is 0.253 e. The second-order valence-electron chi connectivity index (χ2n) is 6.29. The molecule has 1 aromatic heterocycles. The smallest absolute Gasteiger partial charge is 0.253 e. The number of rotatable bonds is 2. The number of amides is 1. The van der Waals surface area contributed by atoms with Crippen molar-refractivity contribution in [3.8, 4) is 0 Å². The Hall–Kier alpha value is -1.46. The topological polar surface area (TPSA) is 59.2 Å². The molecular weight excluding hydrogens is 282 g/mol. The zero-order chi connectivity index (χ0) is 14.6. The number of carbonyl (C=O) groups excluding carboxylic acids is 1. The lowest BCUT2D eigenvalue weighted by Crippen LogP contribution is -2.32. The highest BCUT2D eigenvalue weighted by atomic mass is 32.1. The van der Waals surface area contributed by atoms with Gasteiger partial charge in [-0.15, -0.1) is 11.3 Å². The Morgan fingerprint density at radius 2 is 2.19 bits per heavy atom. The molecule has 2 fully saturated rings. The Kier molecular flexibility index (Phi) is 3.01. The van der Waals surface area contributed by atoms with Crippen molar-refractivity contribution in [2.75, 3.05) is 13.1 Å². The molecule has 1 saturated heterocycles. The van der Waals surface area contributed by atoms with Crippen LogP contribution in [0.4, 0.5) is 0 Å². The van der Waals surface area contributed by atoms with E-state index in [1.54, 1.807) is 11.3 Å². The van der Waals surface area contributed by atoms with Crippen LogP contribution in [0.3, 0.4) is 0 Å². The Balaban J connectivity index is 1.58. The molecule has 1 aliphatic carbocycles. The van der Waals surface area contributed by atoms with Crippen LogP contribution >= 0.6 is 11.3 Å². The highest BCUT2D eigenvalue weighted by molar-refractivity contribution is 7.18. The Morgan fingerprint density at radius 1 is 1.38 bits per heavy atom. The molecule has 2 aromatic rings. The lowest BCUT2D eigenvalue weighted by atomic mass is 9.99. The molecule has 0 radical (unpaired) electrons. The van der Waals surface area contributed by atoms with Gasteiger partial charge in [-0.1, -0.05) is 0 Å². The van der Waals surface area contributed by atoms with Crippen LogP contribution in [0, 0.1) is 18.8 Å². The third kappa shape index (κ3) is 2.34. The van der Waals surface area contributed by atoms with Crippen molar-refractivity contribution < 1.29 is 4.79 Å². The van der Waals surface area contributed by atoms with E-state index >= 15 is 0 Å². The van der Waals surface area contributed by atoms with Crippen molar-refractivity contribution in [3.05, 3.63) is 28.8 Å². The molecule has 2 N–H and O–H groups in total. The minimum Gasteiger partial charge on any atom is -0.337 e. The van der Waals surface area contributed by atoms with E-state index < -0.39 is 0 Å². The van der Waals surface area contributed by atoms with Gasteiger partial charge in [0.2, 0.25) is 0 Å². The van der Waals surface area contributed by atoms with Gasteiger partial charge in [0.05, 0.1) is 15.2 Å². The number of hydrogen-bond donors (Lipinski definition) is 1. The normalized spacial score (nSPS) is 25.7. The van der Waals surface area contributed by atoms with Crippen molar-refractivity contribution in [1.29, 1.82) is 0 Å². The molecule has 21 heavy (non-hydrogen) atoms. The third-order valence-electron chi connectivity index (χ3n) is 4.67. The zero-order valence-electron chi connectivity index (χ0n) is 12.1. The molecule has 1 aromatic carbocycles. The van der Waals surface area contributed by atoms with Crippen molar-refractivity contribution in [2.45, 2.75) is 25.8 Å². The summed E-state index contributed by atoms with van der Waals surface area (Å²) < 4.78 is 1.14. The molecule has 0 bridgehead atoms. The van der Waals surface area contributed by atoms with Gasteiger partial charge in [0.15, 0.2) is 0 Å². The first-order chi connectivity index (χ1) is 10.1. The van der Waals surface area contributed by atoms with Gasteiger partial charge in [-0.3, -0.25) is 4.79 Å². The average molecular weight is 301 g/mol. The summed E-state index contributed by atoms with van der Waals surface area (Å²) in [6.45, 7) is 3.50. The molecule has 1 amide bonds. The average Bonchev–Trinajstić information content (AvgIpc) is 3.12. The predicted octanol–water partition coefficient (Wildman–Crippen LogP) is 2.41. The number of likely N-dealkylation sites (tertiary alicyclic amines) is 1. The molecular formula is C16H19N3OS. The highest BCUT2D eigenvalue weighted by Crippen LogP contribution is 2.41. The number of fused-ring (bicyclic) bond motifs is 1. The Morgan fingerprint density at radius 3 is 2.95 bits per heavy atom. The van der Waals surface area contributed by atoms with Crippen LogP contribution in [-0.2, 0) is 0 Å². The summed E-state index contributed by atoms with van der Waals surface area (Å²) in [6.07, 6.45) is 2.56. The number of nitrogens with two attached hydrogens (primary N) is 1. The second kappa shape index (κ2) is 4.78. The van der Waals surface area contributed by atoms with E-state index in [1.165, 1.54) is 12.8 Å². The first kappa shape index (κ1) is 13.2. The van der Waals surface area contributed by atoms with Gasteiger partial charge in [-0.25, -0.2) is 4.98 Å². The summed E-state index contributed by atoms with van der Waals surface area (Å²) in [7, 11) is 0. The van der Waals surface area contributed by atoms with Crippen LogP contribution in [0.25, 0.3) is 10.2 Å². The fraction of sp³-hybridized carbons (Fsp3) is 0.500. The molecule has 4 rings (SSSR count). The number of hydrogen-bond acceptors (Lipinski definition) is 4. The van der Waals surface area contributed by atoms with Gasteiger partial charge in [-0.2, -0.15) is 0 Å². The van der Waals surface area contributed by atoms with Crippen molar-refractivity contribution >= 4 is 27.5 Å². The van der Waals surface area contributed by atoms with Crippen LogP contribution < -0.4 is 5.73 Å². The standard InChI is InChI=1S/C16H19N3OS/c1-9-18-14-6-11(4-5-15(14)21-9)16(20)19-7-12(10-2-3-10)13(17)8-19/h4-6,10,12-13H,2-3,7-8,17H2,1H3/t12-,13+/m1/s1. The number of benzene rings is 1. The molecule has 1 aliphatic heterocycles. The maximum absolute atomic E-state index is 12.7. The van der Waals surface area contributed by atoms with Crippen LogP contribution in [0.15, 0.2) is 18.2 Å². The van der Waals surface area contributed by atoms with Gasteiger partial charge < -0.3 is 10.6 Å². The predicted molar refractivity (Wildman–Crippen MR) is 84.4 cm³/mol. The van der Waals surface area contributed by atoms with Crippen LogP contribution in [0.1, 0.15) is 28.2 Å². The highest BCUT2D eigenvalue weighted by Gasteiger charge is 2.42. The molecule has 2 aliphatic rings. The van der Waals surface area contributed by atoms with E-state index in [0.29, 0.717) is 12.5 Å². The Labute approximate surface area is 128 Å². The van der Waals surface area contributed by atoms with Crippen molar-refractivity contribution in [3.63, 3.8) is 0 Å². The molecule has 110 valence electrons. The Bertz CT molecular complexity index is 707. The summed E-state index contributed by atoms with van der Waals surface area (Å²) in [6, 6.07) is 5.98. The number of nitrogens with zero attached hydrogens (tertiary/aromatic N) is 2. The van der Waals surface area contributed by atoms with E-state index in [2.05, 4.69) is 4.98 Å². The summed E-state index contributed by atoms with van der Waals surface area (Å²) in [5.41, 5.74) is 7.87. The van der Waals surface area contributed by atoms with Gasteiger partial charge in [0.25, 0.3) is 5.91 Å². The van der Waals surface area contributed by atoms with Gasteiger partial charge in [0, 0.05) is 24.7 Å². The van der Waals surface area contributed by atoms with Crippen LogP contribution in [0.2, 0.25) is 0 Å². The number of aryl methyl sites for hydroxylation is 1. The van der Waals surface area contributed by atoms with Crippen LogP contribution in [0.5, 0.6) is 0 Å². The van der Waals surface area contributed by atoms with E-state index in [4.69, 9.17) is 5.73 Å². The van der Waals surface area contributed by atoms with Gasteiger partial charge in [0.1, 0.15) is 0 Å². The van der Waals surface area contributed by atoms with Crippen molar-refractivity contribution in [2.24, 2.45) is 17.6 Å². The van der Waals surface area contributed by atoms with E-state index in [9.17, 15) is 4.79 Å². The molecule has 4 nitrogen and oxygen atoms in total. The quantitative estimate of drug-likeness (QED) is 0.926. The molecule has 1 saturated carbocycles. The van der Waals surface area contributed by atoms with Crippen LogP contribution in [-0.4, -0.2) is 34.9 Å². The number of carbonyl (C=O) groups is 1. The monoisotopic (exact) mass is 301 g/mol. The van der Waals surface area contributed by atoms with Gasteiger partial charge in [-0.05, 0) is 49.8 Å². The van der Waals surface area contributed by atoms with E-state index in [0.717, 1.165) is 33.3 Å². The number of thiazole rings is 1. The molecule has 2 heterocycles. The molecule has 5 heteroatoms. The zero-order valence-corrected chi connectivity index (χ0v) is 12.9. The minimum absolute atomic E-state index is 0.0983. The summed E-state index contributed by atoms with van der Waals surface area (Å²) >= 11 is 1.66. The first-order valence-corrected chi connectivity index (χ1v) is 8.35.